The molecule has 32 heavy (non-hydrogen) atoms. The van der Waals surface area contributed by atoms with Crippen molar-refractivity contribution >= 4 is 17.4 Å². The topological polar surface area (TPSA) is 92.4 Å². The summed E-state index contributed by atoms with van der Waals surface area (Å²) in [6.45, 7) is 6.93. The zero-order valence-electron chi connectivity index (χ0n) is 19.7. The highest BCUT2D eigenvalue weighted by Gasteiger charge is 2.20. The fourth-order valence-electron chi connectivity index (χ4n) is 3.16. The third kappa shape index (κ3) is 6.96. The number of carbonyl (C=O) groups excluding carboxylic acids is 1. The van der Waals surface area contributed by atoms with Gasteiger partial charge in [0.05, 0.1) is 18.0 Å². The summed E-state index contributed by atoms with van der Waals surface area (Å²) in [7, 11) is 3.15. The van der Waals surface area contributed by atoms with Gasteiger partial charge in [0.2, 0.25) is 0 Å². The van der Waals surface area contributed by atoms with E-state index in [0.29, 0.717) is 12.3 Å². The molecule has 8 nitrogen and oxygen atoms in total. The molecule has 2 rings (SSSR count). The largest absolute Gasteiger partial charge is 0.494 e. The summed E-state index contributed by atoms with van der Waals surface area (Å²) < 4.78 is 5.83. The van der Waals surface area contributed by atoms with Crippen LogP contribution in [0.3, 0.4) is 0 Å². The second kappa shape index (κ2) is 12.7. The van der Waals surface area contributed by atoms with Gasteiger partial charge in [0, 0.05) is 25.2 Å². The first-order chi connectivity index (χ1) is 15.4. The van der Waals surface area contributed by atoms with Crippen LogP contribution in [0.1, 0.15) is 49.8 Å². The summed E-state index contributed by atoms with van der Waals surface area (Å²) in [5.74, 6) is 6.46. The van der Waals surface area contributed by atoms with E-state index in [4.69, 9.17) is 15.4 Å². The molecular weight excluding hydrogens is 406 g/mol. The average molecular weight is 442 g/mol. The third-order valence-corrected chi connectivity index (χ3v) is 5.02. The highest BCUT2D eigenvalue weighted by Crippen LogP contribution is 2.24. The number of ether oxygens (including phenoxy) is 1. The van der Waals surface area contributed by atoms with Crippen LogP contribution in [0.15, 0.2) is 47.6 Å². The normalized spacial score (nSPS) is 11.2. The predicted octanol–water partition coefficient (Wildman–Crippen LogP) is 4.37. The lowest BCUT2D eigenvalue weighted by atomic mass is 10.1. The van der Waals surface area contributed by atoms with E-state index in [9.17, 15) is 4.79 Å². The molecular formula is C24H35N5O3. The van der Waals surface area contributed by atoms with Crippen LogP contribution in [0, 0.1) is 6.92 Å². The molecule has 2 aromatic rings. The fraction of sp³-hybridized carbons (Fsp3) is 0.417. The van der Waals surface area contributed by atoms with Crippen LogP contribution in [0.2, 0.25) is 0 Å². The van der Waals surface area contributed by atoms with E-state index < -0.39 is 6.03 Å². The fourth-order valence-corrected chi connectivity index (χ4v) is 3.16. The number of rotatable bonds is 11. The summed E-state index contributed by atoms with van der Waals surface area (Å²) in [6.07, 6.45) is 3.37. The van der Waals surface area contributed by atoms with Crippen molar-refractivity contribution in [3.63, 3.8) is 0 Å². The number of aryl methyl sites for hydroxylation is 1. The van der Waals surface area contributed by atoms with Crippen LogP contribution < -0.4 is 21.0 Å². The Labute approximate surface area is 190 Å². The number of hydrogen-bond donors (Lipinski definition) is 2. The highest BCUT2D eigenvalue weighted by atomic mass is 16.6. The standard InChI is InChI=1S/C24H35N5O3/c1-6-7-8-15-31-21-13-10-12-20(16-21)19(3)27-32-17-22-18(2)11-9-14-23(22)29(26-4)24(30)28(5)25/h9-14,16,26H,6-8,15,17,25H2,1-5H3. The Morgan fingerprint density at radius 3 is 2.62 bits per heavy atom. The van der Waals surface area contributed by atoms with Gasteiger partial charge in [0.15, 0.2) is 0 Å². The molecule has 0 aliphatic carbocycles. The number of hydrazine groups is 2. The minimum absolute atomic E-state index is 0.201. The molecule has 8 heteroatoms. The van der Waals surface area contributed by atoms with Gasteiger partial charge in [-0.1, -0.05) is 49.2 Å². The maximum absolute atomic E-state index is 12.4. The second-order valence-electron chi connectivity index (χ2n) is 7.56. The first-order valence-electron chi connectivity index (χ1n) is 10.9. The molecule has 0 heterocycles. The Morgan fingerprint density at radius 1 is 1.19 bits per heavy atom. The van der Waals surface area contributed by atoms with Crippen molar-refractivity contribution in [1.29, 1.82) is 0 Å². The Balaban J connectivity index is 2.12. The average Bonchev–Trinajstić information content (AvgIpc) is 2.78. The van der Waals surface area contributed by atoms with Crippen LogP contribution in [0.25, 0.3) is 0 Å². The van der Waals surface area contributed by atoms with Crippen LogP contribution in [0.5, 0.6) is 5.75 Å². The number of nitrogens with one attached hydrogen (secondary N) is 1. The number of benzene rings is 2. The lowest BCUT2D eigenvalue weighted by Gasteiger charge is -2.27. The number of urea groups is 1. The van der Waals surface area contributed by atoms with E-state index in [-0.39, 0.29) is 6.61 Å². The molecule has 0 aliphatic heterocycles. The van der Waals surface area contributed by atoms with E-state index >= 15 is 0 Å². The van der Waals surface area contributed by atoms with E-state index in [0.717, 1.165) is 52.4 Å². The molecule has 0 bridgehead atoms. The highest BCUT2D eigenvalue weighted by molar-refractivity contribution is 5.98. The predicted molar refractivity (Wildman–Crippen MR) is 129 cm³/mol. The van der Waals surface area contributed by atoms with Crippen LogP contribution in [-0.4, -0.2) is 37.5 Å². The number of amides is 2. The maximum atomic E-state index is 12.4. The summed E-state index contributed by atoms with van der Waals surface area (Å²) in [6, 6.07) is 13.1. The van der Waals surface area contributed by atoms with Gasteiger partial charge in [0.25, 0.3) is 0 Å². The number of carbonyl (C=O) groups is 1. The monoisotopic (exact) mass is 441 g/mol. The summed E-state index contributed by atoms with van der Waals surface area (Å²) in [5, 5.41) is 6.68. The van der Waals surface area contributed by atoms with Crippen molar-refractivity contribution in [2.45, 2.75) is 46.6 Å². The molecule has 3 N–H and O–H groups in total. The van der Waals surface area contributed by atoms with E-state index in [2.05, 4.69) is 17.5 Å². The Bertz CT molecular complexity index is 914. The number of hydrogen-bond acceptors (Lipinski definition) is 6. The lowest BCUT2D eigenvalue weighted by Crippen LogP contribution is -2.50. The van der Waals surface area contributed by atoms with Crippen molar-refractivity contribution in [3.8, 4) is 5.75 Å². The van der Waals surface area contributed by atoms with Crippen molar-refractivity contribution in [2.24, 2.45) is 11.0 Å². The maximum Gasteiger partial charge on any atom is 0.352 e. The molecule has 0 radical (unpaired) electrons. The Kier molecular flexibility index (Phi) is 9.97. The molecule has 0 fully saturated rings. The minimum atomic E-state index is -0.394. The molecule has 0 atom stereocenters. The molecule has 174 valence electrons. The number of nitrogens with two attached hydrogens (primary N) is 1. The summed E-state index contributed by atoms with van der Waals surface area (Å²) in [4.78, 5) is 18.1. The van der Waals surface area contributed by atoms with E-state index in [1.165, 1.54) is 12.1 Å². The van der Waals surface area contributed by atoms with Crippen LogP contribution >= 0.6 is 0 Å². The van der Waals surface area contributed by atoms with Crippen molar-refractivity contribution in [1.82, 2.24) is 10.4 Å². The molecule has 2 amide bonds. The second-order valence-corrected chi connectivity index (χ2v) is 7.56. The zero-order chi connectivity index (χ0) is 23.5. The van der Waals surface area contributed by atoms with E-state index in [1.54, 1.807) is 7.05 Å². The van der Waals surface area contributed by atoms with Gasteiger partial charge < -0.3 is 9.57 Å². The Hall–Kier alpha value is -3.10. The van der Waals surface area contributed by atoms with Crippen molar-refractivity contribution in [3.05, 3.63) is 59.2 Å². The smallest absolute Gasteiger partial charge is 0.352 e. The van der Waals surface area contributed by atoms with Gasteiger partial charge >= 0.3 is 6.03 Å². The quantitative estimate of drug-likeness (QED) is 0.178. The number of anilines is 1. The number of oxime groups is 1. The first-order valence-corrected chi connectivity index (χ1v) is 10.9. The van der Waals surface area contributed by atoms with Gasteiger partial charge in [-0.2, -0.15) is 0 Å². The van der Waals surface area contributed by atoms with Gasteiger partial charge in [0.1, 0.15) is 12.4 Å². The third-order valence-electron chi connectivity index (χ3n) is 5.02. The van der Waals surface area contributed by atoms with Crippen LogP contribution in [-0.2, 0) is 11.4 Å². The lowest BCUT2D eigenvalue weighted by molar-refractivity contribution is 0.130. The molecule has 0 saturated carbocycles. The molecule has 0 saturated heterocycles. The molecule has 2 aromatic carbocycles. The van der Waals surface area contributed by atoms with Crippen LogP contribution in [0.4, 0.5) is 10.5 Å². The number of unbranched alkanes of at least 4 members (excludes halogenated alkanes) is 2. The van der Waals surface area contributed by atoms with Crippen molar-refractivity contribution in [2.75, 3.05) is 25.7 Å². The van der Waals surface area contributed by atoms with E-state index in [1.807, 2.05) is 56.3 Å². The van der Waals surface area contributed by atoms with Crippen molar-refractivity contribution < 1.29 is 14.4 Å². The molecule has 0 aromatic heterocycles. The van der Waals surface area contributed by atoms with Gasteiger partial charge in [-0.3, -0.25) is 5.01 Å². The van der Waals surface area contributed by atoms with Gasteiger partial charge in [-0.05, 0) is 44.0 Å². The first kappa shape index (κ1) is 25.2. The van der Waals surface area contributed by atoms with Gasteiger partial charge in [-0.25, -0.2) is 21.1 Å². The summed E-state index contributed by atoms with van der Waals surface area (Å²) in [5.41, 5.74) is 7.02. The number of nitrogens with zero attached hydrogens (tertiary/aromatic N) is 3. The molecule has 0 spiro atoms. The molecule has 0 aliphatic rings. The zero-order valence-corrected chi connectivity index (χ0v) is 19.7. The molecule has 0 unspecified atom stereocenters. The minimum Gasteiger partial charge on any atom is -0.494 e. The summed E-state index contributed by atoms with van der Waals surface area (Å²) >= 11 is 0. The SMILES string of the molecule is CCCCCOc1cccc(C(C)=NOCc2c(C)cccc2N(NC)C(=O)N(C)N)c1. The van der Waals surface area contributed by atoms with Gasteiger partial charge in [-0.15, -0.1) is 0 Å². The Morgan fingerprint density at radius 2 is 1.94 bits per heavy atom.